The Bertz CT molecular complexity index is 533. The molecule has 1 rings (SSSR count). The molecule has 3 nitrogen and oxygen atoms in total. The van der Waals surface area contributed by atoms with Crippen molar-refractivity contribution in [1.29, 1.82) is 0 Å². The van der Waals surface area contributed by atoms with Gasteiger partial charge in [-0.05, 0) is 19.4 Å². The van der Waals surface area contributed by atoms with Crippen LogP contribution < -0.4 is 0 Å². The van der Waals surface area contributed by atoms with Gasteiger partial charge in [0, 0.05) is 17.6 Å². The average Bonchev–Trinajstić information content (AvgIpc) is 2.22. The van der Waals surface area contributed by atoms with Crippen molar-refractivity contribution in [2.75, 3.05) is 23.5 Å². The predicted octanol–water partition coefficient (Wildman–Crippen LogP) is 2.26. The number of carbonyl (C=O) groups excluding carboxylic acids is 1. The Morgan fingerprint density at radius 3 is 2.50 bits per heavy atom. The summed E-state index contributed by atoms with van der Waals surface area (Å²) in [5.41, 5.74) is 2.84. The van der Waals surface area contributed by atoms with Gasteiger partial charge < -0.3 is 0 Å². The molecule has 100 valence electrons. The third-order valence-corrected chi connectivity index (χ3v) is 4.68. The Morgan fingerprint density at radius 1 is 1.28 bits per heavy atom. The van der Waals surface area contributed by atoms with Crippen LogP contribution in [0.5, 0.6) is 0 Å². The van der Waals surface area contributed by atoms with Crippen LogP contribution in [0.4, 0.5) is 0 Å². The summed E-state index contributed by atoms with van der Waals surface area (Å²) in [5, 5.41) is 0. The molecule has 1 aromatic rings. The molecule has 0 fully saturated rings. The molecule has 5 heteroatoms. The van der Waals surface area contributed by atoms with Crippen molar-refractivity contribution in [2.45, 2.75) is 13.8 Å². The standard InChI is InChI=1S/C13H18O3S2/c1-10-4-5-12(11(2)8-10)13(14)9-17-6-7-18(3,15)16/h4-5,8H,6-7,9H2,1-3H3. The quantitative estimate of drug-likeness (QED) is 0.594. The van der Waals surface area contributed by atoms with E-state index in [9.17, 15) is 13.2 Å². The first-order valence-corrected chi connectivity index (χ1v) is 8.87. The maximum Gasteiger partial charge on any atom is 0.172 e. The molecule has 0 aliphatic heterocycles. The molecule has 0 spiro atoms. The van der Waals surface area contributed by atoms with Gasteiger partial charge in [0.25, 0.3) is 0 Å². The predicted molar refractivity (Wildman–Crippen MR) is 77.3 cm³/mol. The molecule has 1 aromatic carbocycles. The first-order chi connectivity index (χ1) is 8.29. The van der Waals surface area contributed by atoms with E-state index >= 15 is 0 Å². The number of carbonyl (C=O) groups is 1. The Morgan fingerprint density at radius 2 is 1.94 bits per heavy atom. The monoisotopic (exact) mass is 286 g/mol. The molecule has 0 saturated heterocycles. The zero-order valence-electron chi connectivity index (χ0n) is 10.9. The van der Waals surface area contributed by atoms with Crippen LogP contribution in [0.1, 0.15) is 21.5 Å². The Hall–Kier alpha value is -0.810. The van der Waals surface area contributed by atoms with Gasteiger partial charge in [-0.25, -0.2) is 8.42 Å². The topological polar surface area (TPSA) is 51.2 Å². The fraction of sp³-hybridized carbons (Fsp3) is 0.462. The van der Waals surface area contributed by atoms with Crippen LogP contribution in [0.3, 0.4) is 0 Å². The summed E-state index contributed by atoms with van der Waals surface area (Å²) in [6.45, 7) is 3.91. The first-order valence-electron chi connectivity index (χ1n) is 5.65. The highest BCUT2D eigenvalue weighted by Crippen LogP contribution is 2.14. The maximum absolute atomic E-state index is 11.9. The third-order valence-electron chi connectivity index (χ3n) is 2.51. The molecule has 0 saturated carbocycles. The zero-order chi connectivity index (χ0) is 13.8. The average molecular weight is 286 g/mol. The number of rotatable bonds is 6. The largest absolute Gasteiger partial charge is 0.293 e. The van der Waals surface area contributed by atoms with E-state index in [2.05, 4.69) is 0 Å². The van der Waals surface area contributed by atoms with Gasteiger partial charge >= 0.3 is 0 Å². The molecular weight excluding hydrogens is 268 g/mol. The van der Waals surface area contributed by atoms with Crippen LogP contribution in [-0.4, -0.2) is 37.7 Å². The molecule has 0 unspecified atom stereocenters. The lowest BCUT2D eigenvalue weighted by molar-refractivity contribution is 0.102. The molecule has 0 aliphatic rings. The van der Waals surface area contributed by atoms with E-state index in [4.69, 9.17) is 0 Å². The van der Waals surface area contributed by atoms with Crippen molar-refractivity contribution < 1.29 is 13.2 Å². The highest BCUT2D eigenvalue weighted by Gasteiger charge is 2.10. The van der Waals surface area contributed by atoms with Gasteiger partial charge in [-0.3, -0.25) is 4.79 Å². The van der Waals surface area contributed by atoms with E-state index in [1.807, 2.05) is 32.0 Å². The molecule has 0 atom stereocenters. The third kappa shape index (κ3) is 5.23. The maximum atomic E-state index is 11.9. The normalized spacial score (nSPS) is 11.5. The number of hydrogen-bond donors (Lipinski definition) is 0. The van der Waals surface area contributed by atoms with Gasteiger partial charge in [-0.2, -0.15) is 11.8 Å². The summed E-state index contributed by atoms with van der Waals surface area (Å²) in [4.78, 5) is 11.9. The van der Waals surface area contributed by atoms with Crippen molar-refractivity contribution >= 4 is 27.4 Å². The van der Waals surface area contributed by atoms with Crippen LogP contribution in [0, 0.1) is 13.8 Å². The van der Waals surface area contributed by atoms with Crippen LogP contribution in [0.2, 0.25) is 0 Å². The summed E-state index contributed by atoms with van der Waals surface area (Å²) in [7, 11) is -2.93. The molecule has 0 aliphatic carbocycles. The molecule has 0 heterocycles. The first kappa shape index (κ1) is 15.2. The van der Waals surface area contributed by atoms with Gasteiger partial charge in [0.1, 0.15) is 9.84 Å². The Balaban J connectivity index is 2.51. The van der Waals surface area contributed by atoms with Crippen LogP contribution in [0.25, 0.3) is 0 Å². The lowest BCUT2D eigenvalue weighted by atomic mass is 10.0. The van der Waals surface area contributed by atoms with E-state index in [0.29, 0.717) is 11.5 Å². The van der Waals surface area contributed by atoms with Crippen LogP contribution in [-0.2, 0) is 9.84 Å². The summed E-state index contributed by atoms with van der Waals surface area (Å²) < 4.78 is 21.9. The number of Topliss-reactive ketones (excluding diaryl/α,β-unsaturated/α-hetero) is 1. The summed E-state index contributed by atoms with van der Waals surface area (Å²) in [5.74, 6) is 0.984. The van der Waals surface area contributed by atoms with E-state index in [1.54, 1.807) is 0 Å². The number of thioether (sulfide) groups is 1. The van der Waals surface area contributed by atoms with E-state index in [0.717, 1.165) is 16.7 Å². The van der Waals surface area contributed by atoms with Crippen molar-refractivity contribution in [3.63, 3.8) is 0 Å². The number of aryl methyl sites for hydroxylation is 2. The second-order valence-corrected chi connectivity index (χ2v) is 7.79. The molecule has 0 radical (unpaired) electrons. The Labute approximate surface area is 113 Å². The zero-order valence-corrected chi connectivity index (χ0v) is 12.5. The van der Waals surface area contributed by atoms with Crippen molar-refractivity contribution in [2.24, 2.45) is 0 Å². The lowest BCUT2D eigenvalue weighted by Crippen LogP contribution is -2.09. The second-order valence-electron chi connectivity index (χ2n) is 4.42. The smallest absolute Gasteiger partial charge is 0.172 e. The van der Waals surface area contributed by atoms with Gasteiger partial charge in [-0.1, -0.05) is 23.8 Å². The van der Waals surface area contributed by atoms with Gasteiger partial charge in [-0.15, -0.1) is 0 Å². The van der Waals surface area contributed by atoms with Crippen molar-refractivity contribution in [3.05, 3.63) is 34.9 Å². The van der Waals surface area contributed by atoms with E-state index in [1.165, 1.54) is 18.0 Å². The molecule has 0 amide bonds. The number of benzene rings is 1. The Kier molecular flexibility index (Phi) is 5.41. The van der Waals surface area contributed by atoms with Crippen molar-refractivity contribution in [3.8, 4) is 0 Å². The van der Waals surface area contributed by atoms with Crippen LogP contribution in [0.15, 0.2) is 18.2 Å². The number of sulfone groups is 1. The fourth-order valence-corrected chi connectivity index (χ4v) is 3.75. The lowest BCUT2D eigenvalue weighted by Gasteiger charge is -2.05. The van der Waals surface area contributed by atoms with Gasteiger partial charge in [0.2, 0.25) is 0 Å². The summed E-state index contributed by atoms with van der Waals surface area (Å²) in [6.07, 6.45) is 1.21. The summed E-state index contributed by atoms with van der Waals surface area (Å²) in [6, 6.07) is 5.74. The minimum atomic E-state index is -2.93. The van der Waals surface area contributed by atoms with Crippen LogP contribution >= 0.6 is 11.8 Å². The number of ketones is 1. The number of hydrogen-bond acceptors (Lipinski definition) is 4. The highest BCUT2D eigenvalue weighted by atomic mass is 32.2. The minimum Gasteiger partial charge on any atom is -0.293 e. The molecule has 18 heavy (non-hydrogen) atoms. The fourth-order valence-electron chi connectivity index (χ4n) is 1.58. The minimum absolute atomic E-state index is 0.0611. The van der Waals surface area contributed by atoms with E-state index in [-0.39, 0.29) is 11.5 Å². The molecule has 0 bridgehead atoms. The highest BCUT2D eigenvalue weighted by molar-refractivity contribution is 8.01. The van der Waals surface area contributed by atoms with Crippen molar-refractivity contribution in [1.82, 2.24) is 0 Å². The summed E-state index contributed by atoms with van der Waals surface area (Å²) >= 11 is 1.37. The molecular formula is C13H18O3S2. The van der Waals surface area contributed by atoms with Gasteiger partial charge in [0.15, 0.2) is 5.78 Å². The second kappa shape index (κ2) is 6.38. The molecule has 0 N–H and O–H groups in total. The van der Waals surface area contributed by atoms with E-state index < -0.39 is 9.84 Å². The molecule has 0 aromatic heterocycles. The van der Waals surface area contributed by atoms with Gasteiger partial charge in [0.05, 0.1) is 11.5 Å². The SMILES string of the molecule is Cc1ccc(C(=O)CSCCS(C)(=O)=O)c(C)c1.